The van der Waals surface area contributed by atoms with Gasteiger partial charge in [0.15, 0.2) is 5.96 Å². The first-order valence-corrected chi connectivity index (χ1v) is 13.4. The zero-order valence-corrected chi connectivity index (χ0v) is 20.6. The van der Waals surface area contributed by atoms with Gasteiger partial charge in [-0.15, -0.1) is 0 Å². The van der Waals surface area contributed by atoms with Gasteiger partial charge >= 0.3 is 0 Å². The van der Waals surface area contributed by atoms with Crippen LogP contribution in [0.5, 0.6) is 5.75 Å². The maximum Gasteiger partial charge on any atom is 0.198 e. The van der Waals surface area contributed by atoms with Crippen molar-refractivity contribution in [1.82, 2.24) is 9.80 Å². The minimum atomic E-state index is 0.274. The van der Waals surface area contributed by atoms with E-state index in [2.05, 4.69) is 52.4 Å². The molecule has 0 bridgehead atoms. The highest BCUT2D eigenvalue weighted by Crippen LogP contribution is 2.32. The first-order valence-electron chi connectivity index (χ1n) is 13.4. The molecule has 2 aliphatic heterocycles. The smallest absolute Gasteiger partial charge is 0.198 e. The molecule has 2 heterocycles. The standard InChI is InChI=1S/C29H40N4O/c1-22-9-5-6-12-26(22)30-29(33-19-15-25(16-20-33)32-17-7-8-18-32)31-27-21-24(13-14-28(27)34)23-10-3-2-4-11-23/h2-4,10-11,13-14,21-22,25-26,34H,5-9,12,15-20H2,1H3,(H,30,31). The van der Waals surface area contributed by atoms with Crippen LogP contribution in [0.3, 0.4) is 0 Å². The number of anilines is 1. The second-order valence-electron chi connectivity index (χ2n) is 10.5. The lowest BCUT2D eigenvalue weighted by molar-refractivity contribution is 0.162. The van der Waals surface area contributed by atoms with E-state index < -0.39 is 0 Å². The van der Waals surface area contributed by atoms with Gasteiger partial charge in [0, 0.05) is 19.1 Å². The number of benzene rings is 2. The van der Waals surface area contributed by atoms with Gasteiger partial charge in [-0.05, 0) is 80.8 Å². The van der Waals surface area contributed by atoms with E-state index in [4.69, 9.17) is 4.99 Å². The lowest BCUT2D eigenvalue weighted by Gasteiger charge is -2.39. The molecule has 0 radical (unpaired) electrons. The second kappa shape index (κ2) is 10.8. The quantitative estimate of drug-likeness (QED) is 0.335. The average Bonchev–Trinajstić information content (AvgIpc) is 3.42. The summed E-state index contributed by atoms with van der Waals surface area (Å²) < 4.78 is 0. The number of nitrogens with zero attached hydrogens (tertiary/aromatic N) is 3. The predicted molar refractivity (Wildman–Crippen MR) is 141 cm³/mol. The molecule has 2 saturated heterocycles. The van der Waals surface area contributed by atoms with Gasteiger partial charge in [0.25, 0.3) is 0 Å². The summed E-state index contributed by atoms with van der Waals surface area (Å²) in [5, 5.41) is 14.3. The lowest BCUT2D eigenvalue weighted by Crippen LogP contribution is -2.48. The van der Waals surface area contributed by atoms with Gasteiger partial charge in [-0.3, -0.25) is 0 Å². The van der Waals surface area contributed by atoms with Crippen LogP contribution in [0.2, 0.25) is 0 Å². The zero-order chi connectivity index (χ0) is 23.3. The monoisotopic (exact) mass is 460 g/mol. The van der Waals surface area contributed by atoms with E-state index in [0.29, 0.717) is 18.0 Å². The first-order chi connectivity index (χ1) is 16.7. The summed E-state index contributed by atoms with van der Waals surface area (Å²) in [6, 6.07) is 17.3. The Kier molecular flexibility index (Phi) is 7.39. The van der Waals surface area contributed by atoms with E-state index in [9.17, 15) is 5.11 Å². The summed E-state index contributed by atoms with van der Waals surface area (Å²) >= 11 is 0. The maximum atomic E-state index is 10.7. The Hall–Kier alpha value is -2.53. The molecule has 3 fully saturated rings. The van der Waals surface area contributed by atoms with Crippen LogP contribution in [0.15, 0.2) is 53.5 Å². The molecule has 0 amide bonds. The number of phenolic OH excluding ortho intramolecular Hbond substituents is 1. The minimum Gasteiger partial charge on any atom is -0.506 e. The van der Waals surface area contributed by atoms with Crippen molar-refractivity contribution in [3.63, 3.8) is 0 Å². The molecule has 5 nitrogen and oxygen atoms in total. The van der Waals surface area contributed by atoms with Crippen LogP contribution in [0, 0.1) is 5.92 Å². The fourth-order valence-electron chi connectivity index (χ4n) is 5.95. The molecule has 2 N–H and O–H groups in total. The van der Waals surface area contributed by atoms with E-state index in [-0.39, 0.29) is 5.75 Å². The van der Waals surface area contributed by atoms with Gasteiger partial charge in [-0.1, -0.05) is 56.2 Å². The molecule has 182 valence electrons. The minimum absolute atomic E-state index is 0.274. The van der Waals surface area contributed by atoms with Gasteiger partial charge in [0.05, 0.1) is 11.7 Å². The van der Waals surface area contributed by atoms with E-state index in [0.717, 1.165) is 42.3 Å². The predicted octanol–water partition coefficient (Wildman–Crippen LogP) is 5.97. The molecule has 0 spiro atoms. The fraction of sp³-hybridized carbons (Fsp3) is 0.552. The summed E-state index contributed by atoms with van der Waals surface area (Å²) in [4.78, 5) is 10.4. The zero-order valence-electron chi connectivity index (χ0n) is 20.6. The van der Waals surface area contributed by atoms with E-state index in [1.807, 2.05) is 12.1 Å². The number of piperidine rings is 1. The third kappa shape index (κ3) is 5.41. The Balaban J connectivity index is 1.38. The number of nitrogens with one attached hydrogen (secondary N) is 1. The Morgan fingerprint density at radius 3 is 2.32 bits per heavy atom. The van der Waals surface area contributed by atoms with Crippen molar-refractivity contribution in [3.05, 3.63) is 48.5 Å². The fourth-order valence-corrected chi connectivity index (χ4v) is 5.95. The molecular formula is C29H40N4O. The Labute approximate surface area is 204 Å². The third-order valence-corrected chi connectivity index (χ3v) is 8.13. The van der Waals surface area contributed by atoms with Crippen molar-refractivity contribution in [2.75, 3.05) is 31.5 Å². The Bertz CT molecular complexity index is 961. The number of guanidine groups is 1. The van der Waals surface area contributed by atoms with Crippen LogP contribution >= 0.6 is 0 Å². The van der Waals surface area contributed by atoms with E-state index in [1.165, 1.54) is 58.0 Å². The SMILES string of the molecule is CC1CCCCC1N=C(Nc1cc(-c2ccccc2)ccc1O)N1CCC(N2CCCC2)CC1. The normalized spacial score (nSPS) is 25.0. The average molecular weight is 461 g/mol. The van der Waals surface area contributed by atoms with Crippen LogP contribution in [0.4, 0.5) is 5.69 Å². The molecule has 2 aromatic carbocycles. The molecule has 3 aliphatic rings. The Morgan fingerprint density at radius 1 is 0.853 bits per heavy atom. The second-order valence-corrected chi connectivity index (χ2v) is 10.5. The molecule has 2 atom stereocenters. The molecule has 2 aromatic rings. The van der Waals surface area contributed by atoms with Gasteiger partial charge < -0.3 is 20.2 Å². The highest BCUT2D eigenvalue weighted by atomic mass is 16.3. The molecule has 2 unspecified atom stereocenters. The van der Waals surface area contributed by atoms with Crippen molar-refractivity contribution in [3.8, 4) is 16.9 Å². The number of phenols is 1. The number of hydrogen-bond acceptors (Lipinski definition) is 3. The van der Waals surface area contributed by atoms with Gasteiger partial charge in [0.2, 0.25) is 0 Å². The summed E-state index contributed by atoms with van der Waals surface area (Å²) in [6.07, 6.45) is 10.1. The van der Waals surface area contributed by atoms with Crippen molar-refractivity contribution in [1.29, 1.82) is 0 Å². The molecule has 5 rings (SSSR count). The van der Waals surface area contributed by atoms with E-state index >= 15 is 0 Å². The highest BCUT2D eigenvalue weighted by Gasteiger charge is 2.29. The number of hydrogen-bond donors (Lipinski definition) is 2. The lowest BCUT2D eigenvalue weighted by atomic mass is 9.86. The summed E-state index contributed by atoms with van der Waals surface area (Å²) in [7, 11) is 0. The van der Waals surface area contributed by atoms with Crippen LogP contribution < -0.4 is 5.32 Å². The van der Waals surface area contributed by atoms with Gasteiger partial charge in [0.1, 0.15) is 5.75 Å². The van der Waals surface area contributed by atoms with Crippen molar-refractivity contribution >= 4 is 11.6 Å². The summed E-state index contributed by atoms with van der Waals surface area (Å²) in [5.74, 6) is 1.83. The molecule has 0 aromatic heterocycles. The molecule has 1 saturated carbocycles. The molecule has 5 heteroatoms. The summed E-state index contributed by atoms with van der Waals surface area (Å²) in [6.45, 7) is 6.92. The van der Waals surface area contributed by atoms with Crippen LogP contribution in [-0.2, 0) is 0 Å². The molecule has 34 heavy (non-hydrogen) atoms. The summed E-state index contributed by atoms with van der Waals surface area (Å²) in [5.41, 5.74) is 2.99. The number of rotatable bonds is 4. The van der Waals surface area contributed by atoms with Crippen LogP contribution in [0.1, 0.15) is 58.3 Å². The Morgan fingerprint density at radius 2 is 1.59 bits per heavy atom. The van der Waals surface area contributed by atoms with Gasteiger partial charge in [-0.2, -0.15) is 0 Å². The van der Waals surface area contributed by atoms with Crippen LogP contribution in [-0.4, -0.2) is 59.1 Å². The third-order valence-electron chi connectivity index (χ3n) is 8.13. The topological polar surface area (TPSA) is 51.1 Å². The van der Waals surface area contributed by atoms with Gasteiger partial charge in [-0.25, -0.2) is 4.99 Å². The van der Waals surface area contributed by atoms with Crippen LogP contribution in [0.25, 0.3) is 11.1 Å². The first kappa shape index (κ1) is 23.2. The number of aromatic hydroxyl groups is 1. The molecule has 1 aliphatic carbocycles. The van der Waals surface area contributed by atoms with Crippen molar-refractivity contribution in [2.45, 2.75) is 70.4 Å². The number of likely N-dealkylation sites (tertiary alicyclic amines) is 2. The number of aliphatic imine (C=N–C) groups is 1. The molecular weight excluding hydrogens is 420 g/mol. The van der Waals surface area contributed by atoms with E-state index in [1.54, 1.807) is 6.07 Å². The largest absolute Gasteiger partial charge is 0.506 e. The maximum absolute atomic E-state index is 10.7. The highest BCUT2D eigenvalue weighted by molar-refractivity contribution is 5.96. The van der Waals surface area contributed by atoms with Crippen molar-refractivity contribution < 1.29 is 5.11 Å². The van der Waals surface area contributed by atoms with Crippen molar-refractivity contribution in [2.24, 2.45) is 10.9 Å².